The van der Waals surface area contributed by atoms with E-state index in [1.807, 2.05) is 11.3 Å². The molecule has 0 spiro atoms. The minimum absolute atomic E-state index is 0.345. The molecule has 0 aromatic carbocycles. The van der Waals surface area contributed by atoms with Crippen LogP contribution in [0.1, 0.15) is 43.4 Å². The van der Waals surface area contributed by atoms with Crippen LogP contribution in [0.3, 0.4) is 0 Å². The van der Waals surface area contributed by atoms with E-state index in [-0.39, 0.29) is 0 Å². The summed E-state index contributed by atoms with van der Waals surface area (Å²) in [5.41, 5.74) is 0. The van der Waals surface area contributed by atoms with Gasteiger partial charge in [0.25, 0.3) is 0 Å². The fraction of sp³-hybridized carbons (Fsp3) is 0.692. The molecule has 15 heavy (non-hydrogen) atoms. The van der Waals surface area contributed by atoms with Gasteiger partial charge in [-0.25, -0.2) is 0 Å². The topological polar surface area (TPSA) is 0 Å². The summed E-state index contributed by atoms with van der Waals surface area (Å²) in [4.78, 5) is 2.97. The predicted molar refractivity (Wildman–Crippen MR) is 71.1 cm³/mol. The van der Waals surface area contributed by atoms with Gasteiger partial charge >= 0.3 is 0 Å². The first-order valence-corrected chi connectivity index (χ1v) is 7.08. The lowest BCUT2D eigenvalue weighted by Crippen LogP contribution is -2.04. The first kappa shape index (κ1) is 13.1. The van der Waals surface area contributed by atoms with E-state index in [2.05, 4.69) is 32.9 Å². The van der Waals surface area contributed by atoms with Crippen LogP contribution in [-0.4, -0.2) is 5.38 Å². The third-order valence-corrected chi connectivity index (χ3v) is 4.18. The van der Waals surface area contributed by atoms with Gasteiger partial charge in [0.05, 0.1) is 0 Å². The van der Waals surface area contributed by atoms with Crippen molar-refractivity contribution in [3.63, 3.8) is 0 Å². The number of alkyl halides is 1. The van der Waals surface area contributed by atoms with E-state index in [1.54, 1.807) is 0 Å². The highest BCUT2D eigenvalue weighted by molar-refractivity contribution is 7.11. The molecular formula is C13H21ClS. The molecule has 0 amide bonds. The van der Waals surface area contributed by atoms with Gasteiger partial charge in [-0.15, -0.1) is 22.9 Å². The van der Waals surface area contributed by atoms with E-state index in [0.717, 1.165) is 25.7 Å². The Bertz CT molecular complexity index is 278. The van der Waals surface area contributed by atoms with E-state index in [1.165, 1.54) is 9.75 Å². The average Bonchev–Trinajstić information content (AvgIpc) is 2.61. The van der Waals surface area contributed by atoms with Crippen LogP contribution in [0.15, 0.2) is 12.1 Å². The van der Waals surface area contributed by atoms with Gasteiger partial charge in [0, 0.05) is 15.1 Å². The van der Waals surface area contributed by atoms with Gasteiger partial charge in [0.2, 0.25) is 0 Å². The summed E-state index contributed by atoms with van der Waals surface area (Å²) in [6, 6.07) is 4.49. The van der Waals surface area contributed by atoms with Gasteiger partial charge in [-0.1, -0.05) is 20.8 Å². The van der Waals surface area contributed by atoms with Crippen molar-refractivity contribution in [2.45, 2.75) is 51.8 Å². The van der Waals surface area contributed by atoms with Crippen molar-refractivity contribution < 1.29 is 0 Å². The molecule has 0 N–H and O–H groups in total. The van der Waals surface area contributed by atoms with Crippen molar-refractivity contribution in [1.82, 2.24) is 0 Å². The summed E-state index contributed by atoms with van der Waals surface area (Å²) in [6.45, 7) is 6.67. The smallest absolute Gasteiger partial charge is 0.0342 e. The second-order valence-electron chi connectivity index (χ2n) is 4.49. The molecule has 0 nitrogen and oxygen atoms in total. The van der Waals surface area contributed by atoms with Gasteiger partial charge in [-0.05, 0) is 43.7 Å². The van der Waals surface area contributed by atoms with Crippen LogP contribution in [0.2, 0.25) is 0 Å². The highest BCUT2D eigenvalue weighted by Crippen LogP contribution is 2.22. The molecule has 0 aliphatic rings. The summed E-state index contributed by atoms with van der Waals surface area (Å²) >= 11 is 8.21. The van der Waals surface area contributed by atoms with Crippen LogP contribution >= 0.6 is 22.9 Å². The second-order valence-corrected chi connectivity index (χ2v) is 6.36. The second kappa shape index (κ2) is 6.55. The van der Waals surface area contributed by atoms with Crippen molar-refractivity contribution in [1.29, 1.82) is 0 Å². The van der Waals surface area contributed by atoms with Gasteiger partial charge in [-0.2, -0.15) is 0 Å². The Morgan fingerprint density at radius 3 is 2.47 bits per heavy atom. The highest BCUT2D eigenvalue weighted by Gasteiger charge is 2.08. The maximum atomic E-state index is 6.27. The number of hydrogen-bond acceptors (Lipinski definition) is 1. The predicted octanol–water partition coefficient (Wildman–Crippen LogP) is 4.90. The zero-order valence-electron chi connectivity index (χ0n) is 9.92. The molecule has 0 saturated heterocycles. The number of aryl methyl sites for hydroxylation is 2. The first-order valence-electron chi connectivity index (χ1n) is 5.83. The Kier molecular flexibility index (Phi) is 5.70. The van der Waals surface area contributed by atoms with Crippen molar-refractivity contribution in [3.8, 4) is 0 Å². The Morgan fingerprint density at radius 1 is 1.27 bits per heavy atom. The van der Waals surface area contributed by atoms with Crippen LogP contribution in [0.25, 0.3) is 0 Å². The lowest BCUT2D eigenvalue weighted by Gasteiger charge is -2.10. The molecular weight excluding hydrogens is 224 g/mol. The molecule has 0 bridgehead atoms. The molecule has 1 aromatic rings. The molecule has 0 radical (unpaired) electrons. The molecule has 0 aliphatic heterocycles. The van der Waals surface area contributed by atoms with Crippen molar-refractivity contribution in [3.05, 3.63) is 21.9 Å². The Hall–Kier alpha value is -0.0100. The molecule has 2 heteroatoms. The lowest BCUT2D eigenvalue weighted by atomic mass is 10.0. The largest absolute Gasteiger partial charge is 0.145 e. The number of rotatable bonds is 6. The normalized spacial score (nSPS) is 13.4. The number of thiophene rings is 1. The summed E-state index contributed by atoms with van der Waals surface area (Å²) in [5, 5.41) is 0.345. The zero-order chi connectivity index (χ0) is 11.3. The quantitative estimate of drug-likeness (QED) is 0.625. The van der Waals surface area contributed by atoms with Gasteiger partial charge in [0.15, 0.2) is 0 Å². The number of hydrogen-bond donors (Lipinski definition) is 0. The summed E-state index contributed by atoms with van der Waals surface area (Å²) in [5.74, 6) is 0.710. The molecule has 0 saturated carbocycles. The van der Waals surface area contributed by atoms with E-state index in [0.29, 0.717) is 11.3 Å². The van der Waals surface area contributed by atoms with Gasteiger partial charge in [0.1, 0.15) is 0 Å². The molecule has 1 atom stereocenters. The zero-order valence-corrected chi connectivity index (χ0v) is 11.5. The SMILES string of the molecule is CCc1ccc(CCC(Cl)CC(C)C)s1. The molecule has 1 aromatic heterocycles. The molecule has 0 aliphatic carbocycles. The van der Waals surface area contributed by atoms with Crippen LogP contribution < -0.4 is 0 Å². The summed E-state index contributed by atoms with van der Waals surface area (Å²) in [7, 11) is 0. The summed E-state index contributed by atoms with van der Waals surface area (Å²) in [6.07, 6.45) is 4.55. The van der Waals surface area contributed by atoms with E-state index < -0.39 is 0 Å². The molecule has 1 rings (SSSR count). The Morgan fingerprint density at radius 2 is 1.93 bits per heavy atom. The van der Waals surface area contributed by atoms with Crippen LogP contribution in [-0.2, 0) is 12.8 Å². The average molecular weight is 245 g/mol. The van der Waals surface area contributed by atoms with Gasteiger partial charge < -0.3 is 0 Å². The highest BCUT2D eigenvalue weighted by atomic mass is 35.5. The Labute approximate surface area is 103 Å². The minimum atomic E-state index is 0.345. The monoisotopic (exact) mass is 244 g/mol. The standard InChI is InChI=1S/C13H21ClS/c1-4-12-7-8-13(15-12)6-5-11(14)9-10(2)3/h7-8,10-11H,4-6,9H2,1-3H3. The van der Waals surface area contributed by atoms with Crippen LogP contribution in [0.4, 0.5) is 0 Å². The molecule has 1 unspecified atom stereocenters. The fourth-order valence-corrected chi connectivity index (χ4v) is 3.11. The minimum Gasteiger partial charge on any atom is -0.145 e. The molecule has 86 valence electrons. The van der Waals surface area contributed by atoms with Crippen molar-refractivity contribution in [2.24, 2.45) is 5.92 Å². The maximum Gasteiger partial charge on any atom is 0.0342 e. The molecule has 1 heterocycles. The summed E-state index contributed by atoms with van der Waals surface area (Å²) < 4.78 is 0. The first-order chi connectivity index (χ1) is 7.11. The van der Waals surface area contributed by atoms with E-state index in [4.69, 9.17) is 11.6 Å². The van der Waals surface area contributed by atoms with Crippen molar-refractivity contribution >= 4 is 22.9 Å². The fourth-order valence-electron chi connectivity index (χ4n) is 1.67. The van der Waals surface area contributed by atoms with Crippen molar-refractivity contribution in [2.75, 3.05) is 0 Å². The third-order valence-electron chi connectivity index (χ3n) is 2.50. The molecule has 0 fully saturated rings. The van der Waals surface area contributed by atoms with E-state index in [9.17, 15) is 0 Å². The maximum absolute atomic E-state index is 6.27. The lowest BCUT2D eigenvalue weighted by molar-refractivity contribution is 0.545. The van der Waals surface area contributed by atoms with Crippen LogP contribution in [0.5, 0.6) is 0 Å². The Balaban J connectivity index is 2.30. The van der Waals surface area contributed by atoms with E-state index >= 15 is 0 Å². The van der Waals surface area contributed by atoms with Crippen LogP contribution in [0, 0.1) is 5.92 Å². The number of halogens is 1. The van der Waals surface area contributed by atoms with Gasteiger partial charge in [-0.3, -0.25) is 0 Å². The third kappa shape index (κ3) is 5.03.